The van der Waals surface area contributed by atoms with Crippen molar-refractivity contribution in [2.24, 2.45) is 0 Å². The summed E-state index contributed by atoms with van der Waals surface area (Å²) in [6, 6.07) is 7.87. The molecule has 1 aliphatic rings. The first-order valence-corrected chi connectivity index (χ1v) is 12.8. The summed E-state index contributed by atoms with van der Waals surface area (Å²) in [5.41, 5.74) is -0.603. The predicted octanol–water partition coefficient (Wildman–Crippen LogP) is 3.17. The van der Waals surface area contributed by atoms with E-state index in [-0.39, 0.29) is 45.9 Å². The fourth-order valence-corrected chi connectivity index (χ4v) is 4.71. The number of esters is 2. The molecule has 0 spiro atoms. The van der Waals surface area contributed by atoms with E-state index in [1.807, 2.05) is 0 Å². The summed E-state index contributed by atoms with van der Waals surface area (Å²) in [6.07, 6.45) is -2.91. The van der Waals surface area contributed by atoms with Gasteiger partial charge in [-0.2, -0.15) is 0 Å². The lowest BCUT2D eigenvalue weighted by Gasteiger charge is -2.34. The molecule has 0 unspecified atom stereocenters. The smallest absolute Gasteiger partial charge is 0.343 e. The fourth-order valence-electron chi connectivity index (χ4n) is 4.71. The van der Waals surface area contributed by atoms with Crippen molar-refractivity contribution >= 4 is 11.9 Å². The van der Waals surface area contributed by atoms with Gasteiger partial charge in [0.15, 0.2) is 52.1 Å². The molecule has 0 bridgehead atoms. The fraction of sp³-hybridized carbons (Fsp3) is 0.133. The average molecular weight is 625 g/mol. The Bertz CT molecular complexity index is 1780. The Morgan fingerprint density at radius 1 is 0.689 bits per heavy atom. The third-order valence-electron chi connectivity index (χ3n) is 6.83. The van der Waals surface area contributed by atoms with Crippen molar-refractivity contribution in [2.45, 2.75) is 18.6 Å². The van der Waals surface area contributed by atoms with Crippen LogP contribution in [0, 0.1) is 0 Å². The Kier molecular flexibility index (Phi) is 7.60. The number of hydrogen-bond acceptors (Lipinski definition) is 15. The van der Waals surface area contributed by atoms with E-state index in [4.69, 9.17) is 18.9 Å². The number of phenols is 9. The Labute approximate surface area is 252 Å². The minimum atomic E-state index is -1.33. The first-order chi connectivity index (χ1) is 21.3. The van der Waals surface area contributed by atoms with Gasteiger partial charge in [0.1, 0.15) is 23.4 Å². The third-order valence-corrected chi connectivity index (χ3v) is 6.83. The van der Waals surface area contributed by atoms with Gasteiger partial charge >= 0.3 is 11.9 Å². The molecule has 0 fully saturated rings. The van der Waals surface area contributed by atoms with Crippen molar-refractivity contribution < 1.29 is 74.5 Å². The highest BCUT2D eigenvalue weighted by Crippen LogP contribution is 2.47. The zero-order valence-corrected chi connectivity index (χ0v) is 23.0. The van der Waals surface area contributed by atoms with Crippen LogP contribution in [-0.2, 0) is 11.2 Å². The van der Waals surface area contributed by atoms with Gasteiger partial charge in [0.25, 0.3) is 0 Å². The van der Waals surface area contributed by atoms with Crippen LogP contribution in [0.3, 0.4) is 0 Å². The molecule has 15 nitrogen and oxygen atoms in total. The summed E-state index contributed by atoms with van der Waals surface area (Å²) >= 11 is 0. The first-order valence-electron chi connectivity index (χ1n) is 12.8. The molecule has 4 aromatic rings. The molecule has 15 heteroatoms. The van der Waals surface area contributed by atoms with Crippen molar-refractivity contribution in [2.75, 3.05) is 7.11 Å². The third kappa shape index (κ3) is 5.69. The lowest BCUT2D eigenvalue weighted by Crippen LogP contribution is -2.35. The molecule has 4 aromatic carbocycles. The van der Waals surface area contributed by atoms with Crippen LogP contribution in [0.4, 0.5) is 0 Å². The highest BCUT2D eigenvalue weighted by atomic mass is 16.6. The van der Waals surface area contributed by atoms with Gasteiger partial charge in [-0.3, -0.25) is 0 Å². The van der Waals surface area contributed by atoms with Crippen molar-refractivity contribution in [3.8, 4) is 69.0 Å². The summed E-state index contributed by atoms with van der Waals surface area (Å²) in [6.45, 7) is 0. The molecule has 0 saturated carbocycles. The van der Waals surface area contributed by atoms with Gasteiger partial charge in [-0.15, -0.1) is 0 Å². The lowest BCUT2D eigenvalue weighted by atomic mass is 9.93. The van der Waals surface area contributed by atoms with Crippen molar-refractivity contribution in [3.05, 3.63) is 70.8 Å². The highest BCUT2D eigenvalue weighted by molar-refractivity contribution is 5.93. The number of phenolic OH excluding ortho intramolecular Hbond substituents is 9. The maximum absolute atomic E-state index is 13.2. The molecule has 1 aliphatic heterocycles. The minimum Gasteiger partial charge on any atom is -0.508 e. The van der Waals surface area contributed by atoms with Crippen LogP contribution in [-0.4, -0.2) is 71.1 Å². The molecule has 1 heterocycles. The van der Waals surface area contributed by atoms with Gasteiger partial charge in [0, 0.05) is 29.7 Å². The number of hydrogen-bond donors (Lipinski definition) is 9. The van der Waals surface area contributed by atoms with Crippen LogP contribution in [0.5, 0.6) is 69.0 Å². The lowest BCUT2D eigenvalue weighted by molar-refractivity contribution is -0.0190. The van der Waals surface area contributed by atoms with E-state index in [0.717, 1.165) is 36.4 Å². The summed E-state index contributed by atoms with van der Waals surface area (Å²) in [5.74, 6) is -9.27. The van der Waals surface area contributed by atoms with Gasteiger partial charge < -0.3 is 64.9 Å². The number of carbonyl (C=O) groups excluding carboxylic acids is 2. The molecular formula is C30H24O15. The highest BCUT2D eigenvalue weighted by Gasteiger charge is 2.38. The molecule has 0 saturated heterocycles. The Morgan fingerprint density at radius 3 is 1.71 bits per heavy atom. The topological polar surface area (TPSA) is 253 Å². The minimum absolute atomic E-state index is 0.0683. The predicted molar refractivity (Wildman–Crippen MR) is 149 cm³/mol. The number of rotatable bonds is 6. The number of carbonyl (C=O) groups is 2. The molecular weight excluding hydrogens is 600 g/mol. The second-order valence-corrected chi connectivity index (χ2v) is 9.82. The molecule has 9 N–H and O–H groups in total. The summed E-state index contributed by atoms with van der Waals surface area (Å²) in [4.78, 5) is 26.1. The van der Waals surface area contributed by atoms with Crippen molar-refractivity contribution in [1.29, 1.82) is 0 Å². The molecule has 2 atom stereocenters. The number of aromatic hydroxyl groups is 9. The van der Waals surface area contributed by atoms with Gasteiger partial charge in [0.05, 0.1) is 18.2 Å². The van der Waals surface area contributed by atoms with Gasteiger partial charge in [-0.1, -0.05) is 0 Å². The SMILES string of the molecule is COc1c(O)cc([C@H]2Oc3cc(O)cc(OC(=O)c4cc(O)c(O)c(O)c4)c3C[C@H]2OC(=O)c2cc(O)c(O)c(O)c2)cc1O. The maximum atomic E-state index is 13.2. The quantitative estimate of drug-likeness (QED) is 0.0848. The Balaban J connectivity index is 1.56. The maximum Gasteiger partial charge on any atom is 0.343 e. The van der Waals surface area contributed by atoms with E-state index < -0.39 is 75.9 Å². The number of methoxy groups -OCH3 is 1. The largest absolute Gasteiger partial charge is 0.508 e. The van der Waals surface area contributed by atoms with Crippen LogP contribution in [0.2, 0.25) is 0 Å². The van der Waals surface area contributed by atoms with Crippen LogP contribution in [0.25, 0.3) is 0 Å². The zero-order valence-electron chi connectivity index (χ0n) is 23.0. The monoisotopic (exact) mass is 624 g/mol. The molecule has 45 heavy (non-hydrogen) atoms. The summed E-state index contributed by atoms with van der Waals surface area (Å²) < 4.78 is 22.1. The van der Waals surface area contributed by atoms with Gasteiger partial charge in [-0.05, 0) is 36.4 Å². The standard InChI is InChI=1S/C30H24O15/c1-42-28-20(36)2-11(3-21(28)37)27-24(45-30(41)13-6-18(34)26(39)19(35)7-13)10-15-22(43-27)8-14(31)9-23(15)44-29(40)12-4-16(32)25(38)17(33)5-12/h2-9,24,27,31-39H,10H2,1H3/t24-,27-/m1/s1. The Hall–Kier alpha value is -6.38. The van der Waals surface area contributed by atoms with Crippen molar-refractivity contribution in [3.63, 3.8) is 0 Å². The van der Waals surface area contributed by atoms with Crippen LogP contribution in [0.15, 0.2) is 48.5 Å². The second kappa shape index (κ2) is 11.4. The van der Waals surface area contributed by atoms with E-state index in [1.165, 1.54) is 19.2 Å². The van der Waals surface area contributed by atoms with Crippen molar-refractivity contribution in [1.82, 2.24) is 0 Å². The van der Waals surface area contributed by atoms with E-state index in [9.17, 15) is 55.5 Å². The Morgan fingerprint density at radius 2 is 1.20 bits per heavy atom. The number of fused-ring (bicyclic) bond motifs is 1. The molecule has 0 aliphatic carbocycles. The molecule has 0 radical (unpaired) electrons. The summed E-state index contributed by atoms with van der Waals surface area (Å²) in [7, 11) is 1.21. The molecule has 0 aromatic heterocycles. The second-order valence-electron chi connectivity index (χ2n) is 9.82. The normalized spacial score (nSPS) is 15.4. The molecule has 5 rings (SSSR count). The summed E-state index contributed by atoms with van der Waals surface area (Å²) in [5, 5.41) is 89.8. The van der Waals surface area contributed by atoms with Gasteiger partial charge in [-0.25, -0.2) is 9.59 Å². The molecule has 0 amide bonds. The van der Waals surface area contributed by atoms with E-state index >= 15 is 0 Å². The number of benzene rings is 4. The molecule has 234 valence electrons. The van der Waals surface area contributed by atoms with Crippen LogP contribution in [0.1, 0.15) is 37.9 Å². The first kappa shape index (κ1) is 30.1. The van der Waals surface area contributed by atoms with Crippen LogP contribution >= 0.6 is 0 Å². The van der Waals surface area contributed by atoms with E-state index in [2.05, 4.69) is 0 Å². The zero-order chi connectivity index (χ0) is 32.7. The number of ether oxygens (including phenoxy) is 4. The van der Waals surface area contributed by atoms with Gasteiger partial charge in [0.2, 0.25) is 5.75 Å². The van der Waals surface area contributed by atoms with E-state index in [0.29, 0.717) is 0 Å². The van der Waals surface area contributed by atoms with E-state index in [1.54, 1.807) is 0 Å². The van der Waals surface area contributed by atoms with Crippen LogP contribution < -0.4 is 14.2 Å². The average Bonchev–Trinajstić information content (AvgIpc) is 2.97.